The predicted octanol–water partition coefficient (Wildman–Crippen LogP) is 3.00. The van der Waals surface area contributed by atoms with E-state index in [9.17, 15) is 0 Å². The first-order valence-electron chi connectivity index (χ1n) is 4.09. The van der Waals surface area contributed by atoms with Crippen LogP contribution in [0.15, 0.2) is 4.99 Å². The van der Waals surface area contributed by atoms with Crippen molar-refractivity contribution in [3.8, 4) is 0 Å². The van der Waals surface area contributed by atoms with E-state index in [2.05, 4.69) is 39.6 Å². The van der Waals surface area contributed by atoms with Gasteiger partial charge in [-0.3, -0.25) is 4.99 Å². The van der Waals surface area contributed by atoms with Crippen LogP contribution in [0, 0.1) is 0 Å². The second-order valence-electron chi connectivity index (χ2n) is 3.66. The van der Waals surface area contributed by atoms with Gasteiger partial charge >= 0.3 is 0 Å². The molecule has 1 nitrogen and oxygen atoms in total. The minimum absolute atomic E-state index is 0.0956. The maximum Gasteiger partial charge on any atom is 0.0523 e. The molecule has 0 saturated carbocycles. The van der Waals surface area contributed by atoms with E-state index in [1.54, 1.807) is 0 Å². The minimum atomic E-state index is 0.0956. The number of hydrogen-bond acceptors (Lipinski definition) is 2. The third kappa shape index (κ3) is 7.92. The standard InChI is InChI=1S/C9H19NS/c1-6-11-7-8(2)10-9(3,4)5/h6-7H2,1-5H3. The van der Waals surface area contributed by atoms with Gasteiger partial charge in [-0.2, -0.15) is 11.8 Å². The monoisotopic (exact) mass is 173 g/mol. The summed E-state index contributed by atoms with van der Waals surface area (Å²) in [6.07, 6.45) is 0. The van der Waals surface area contributed by atoms with Crippen LogP contribution in [0.3, 0.4) is 0 Å². The third-order valence-corrected chi connectivity index (χ3v) is 2.07. The molecular weight excluding hydrogens is 154 g/mol. The smallest absolute Gasteiger partial charge is 0.0523 e. The first kappa shape index (κ1) is 11.0. The van der Waals surface area contributed by atoms with Crippen molar-refractivity contribution >= 4 is 17.5 Å². The Hall–Kier alpha value is 0.0200. The Balaban J connectivity index is 3.81. The van der Waals surface area contributed by atoms with E-state index in [-0.39, 0.29) is 5.54 Å². The Kier molecular flexibility index (Phi) is 4.82. The molecule has 0 atom stereocenters. The van der Waals surface area contributed by atoms with Crippen molar-refractivity contribution in [3.05, 3.63) is 0 Å². The predicted molar refractivity (Wildman–Crippen MR) is 55.9 cm³/mol. The van der Waals surface area contributed by atoms with Gasteiger partial charge in [-0.25, -0.2) is 0 Å². The maximum atomic E-state index is 4.54. The lowest BCUT2D eigenvalue weighted by atomic mass is 10.1. The second-order valence-corrected chi connectivity index (χ2v) is 4.93. The van der Waals surface area contributed by atoms with Crippen LogP contribution in [0.2, 0.25) is 0 Å². The molecule has 0 amide bonds. The molecule has 11 heavy (non-hydrogen) atoms. The molecule has 0 aromatic heterocycles. The van der Waals surface area contributed by atoms with Crippen LogP contribution in [0.1, 0.15) is 34.6 Å². The summed E-state index contributed by atoms with van der Waals surface area (Å²) in [5.74, 6) is 2.25. The van der Waals surface area contributed by atoms with E-state index in [0.717, 1.165) is 5.75 Å². The van der Waals surface area contributed by atoms with Gasteiger partial charge in [0.05, 0.1) is 5.54 Å². The van der Waals surface area contributed by atoms with Crippen LogP contribution < -0.4 is 0 Å². The molecule has 0 heterocycles. The van der Waals surface area contributed by atoms with Gasteiger partial charge in [0, 0.05) is 11.5 Å². The molecule has 0 radical (unpaired) electrons. The van der Waals surface area contributed by atoms with Crippen molar-refractivity contribution in [2.45, 2.75) is 40.2 Å². The van der Waals surface area contributed by atoms with Crippen molar-refractivity contribution in [3.63, 3.8) is 0 Å². The van der Waals surface area contributed by atoms with Crippen molar-refractivity contribution in [2.24, 2.45) is 4.99 Å². The fourth-order valence-electron chi connectivity index (χ4n) is 0.855. The highest BCUT2D eigenvalue weighted by molar-refractivity contribution is 7.99. The van der Waals surface area contributed by atoms with Gasteiger partial charge in [-0.15, -0.1) is 0 Å². The average Bonchev–Trinajstić information content (AvgIpc) is 1.79. The van der Waals surface area contributed by atoms with Gasteiger partial charge in [0.2, 0.25) is 0 Å². The Morgan fingerprint density at radius 2 is 1.91 bits per heavy atom. The van der Waals surface area contributed by atoms with E-state index in [1.807, 2.05) is 11.8 Å². The number of rotatable bonds is 3. The van der Waals surface area contributed by atoms with Crippen LogP contribution in [-0.2, 0) is 0 Å². The van der Waals surface area contributed by atoms with Gasteiger partial charge in [0.15, 0.2) is 0 Å². The fraction of sp³-hybridized carbons (Fsp3) is 0.889. The van der Waals surface area contributed by atoms with Crippen LogP contribution in [0.5, 0.6) is 0 Å². The van der Waals surface area contributed by atoms with E-state index in [1.165, 1.54) is 11.5 Å². The molecule has 0 aromatic rings. The summed E-state index contributed by atoms with van der Waals surface area (Å²) in [7, 11) is 0. The summed E-state index contributed by atoms with van der Waals surface area (Å²) in [5.41, 5.74) is 1.35. The Morgan fingerprint density at radius 1 is 1.36 bits per heavy atom. The zero-order valence-corrected chi connectivity index (χ0v) is 9.09. The third-order valence-electron chi connectivity index (χ3n) is 1.04. The zero-order valence-electron chi connectivity index (χ0n) is 8.27. The summed E-state index contributed by atoms with van der Waals surface area (Å²) < 4.78 is 0. The van der Waals surface area contributed by atoms with E-state index in [4.69, 9.17) is 0 Å². The molecule has 0 N–H and O–H groups in total. The van der Waals surface area contributed by atoms with Crippen molar-refractivity contribution in [2.75, 3.05) is 11.5 Å². The highest BCUT2D eigenvalue weighted by Gasteiger charge is 2.06. The summed E-state index contributed by atoms with van der Waals surface area (Å²) in [6.45, 7) is 10.7. The summed E-state index contributed by atoms with van der Waals surface area (Å²) in [6, 6.07) is 0. The molecule has 0 aliphatic carbocycles. The molecule has 0 aliphatic heterocycles. The molecule has 0 bridgehead atoms. The molecular formula is C9H19NS. The van der Waals surface area contributed by atoms with E-state index in [0.29, 0.717) is 0 Å². The molecule has 0 spiro atoms. The Bertz CT molecular complexity index is 133. The van der Waals surface area contributed by atoms with E-state index < -0.39 is 0 Å². The zero-order chi connectivity index (χ0) is 8.91. The van der Waals surface area contributed by atoms with Crippen LogP contribution in [-0.4, -0.2) is 22.8 Å². The van der Waals surface area contributed by atoms with Crippen LogP contribution in [0.25, 0.3) is 0 Å². The maximum absolute atomic E-state index is 4.54. The second kappa shape index (κ2) is 4.81. The molecule has 66 valence electrons. The van der Waals surface area contributed by atoms with Gasteiger partial charge < -0.3 is 0 Å². The lowest BCUT2D eigenvalue weighted by molar-refractivity contribution is 0.583. The highest BCUT2D eigenvalue weighted by Crippen LogP contribution is 2.08. The highest BCUT2D eigenvalue weighted by atomic mass is 32.2. The molecule has 0 rings (SSSR count). The number of nitrogens with zero attached hydrogens (tertiary/aromatic N) is 1. The fourth-order valence-corrected chi connectivity index (χ4v) is 1.42. The lowest BCUT2D eigenvalue weighted by Gasteiger charge is -2.13. The average molecular weight is 173 g/mol. The number of hydrogen-bond donors (Lipinski definition) is 0. The summed E-state index contributed by atoms with van der Waals surface area (Å²) >= 11 is 1.93. The largest absolute Gasteiger partial charge is 0.288 e. The van der Waals surface area contributed by atoms with E-state index >= 15 is 0 Å². The normalized spacial score (nSPS) is 13.7. The molecule has 0 unspecified atom stereocenters. The molecule has 0 saturated heterocycles. The SMILES string of the molecule is CCSCC(C)=NC(C)(C)C. The molecule has 0 aromatic carbocycles. The number of aliphatic imine (C=N–C) groups is 1. The molecule has 0 fully saturated rings. The van der Waals surface area contributed by atoms with Crippen LogP contribution in [0.4, 0.5) is 0 Å². The van der Waals surface area contributed by atoms with Crippen molar-refractivity contribution in [1.29, 1.82) is 0 Å². The minimum Gasteiger partial charge on any atom is -0.288 e. The first-order chi connectivity index (χ1) is 4.95. The van der Waals surface area contributed by atoms with Gasteiger partial charge in [0.1, 0.15) is 0 Å². The van der Waals surface area contributed by atoms with Crippen molar-refractivity contribution < 1.29 is 0 Å². The molecule has 2 heteroatoms. The Morgan fingerprint density at radius 3 is 2.27 bits per heavy atom. The van der Waals surface area contributed by atoms with Gasteiger partial charge in [-0.1, -0.05) is 6.92 Å². The lowest BCUT2D eigenvalue weighted by Crippen LogP contribution is -2.13. The summed E-state index contributed by atoms with van der Waals surface area (Å²) in [4.78, 5) is 4.54. The van der Waals surface area contributed by atoms with Crippen LogP contribution >= 0.6 is 11.8 Å². The van der Waals surface area contributed by atoms with Gasteiger partial charge in [0.25, 0.3) is 0 Å². The summed E-state index contributed by atoms with van der Waals surface area (Å²) in [5, 5.41) is 0. The first-order valence-corrected chi connectivity index (χ1v) is 5.24. The quantitative estimate of drug-likeness (QED) is 0.598. The van der Waals surface area contributed by atoms with Crippen molar-refractivity contribution in [1.82, 2.24) is 0 Å². The Labute approximate surface area is 74.7 Å². The molecule has 0 aliphatic rings. The number of thioether (sulfide) groups is 1. The van der Waals surface area contributed by atoms with Gasteiger partial charge in [-0.05, 0) is 33.4 Å². The topological polar surface area (TPSA) is 12.4 Å².